The number of nitriles is 1. The van der Waals surface area contributed by atoms with Crippen LogP contribution in [0.25, 0.3) is 11.4 Å². The molecule has 2 heterocycles. The normalized spacial score (nSPS) is 13.8. The molecule has 0 aliphatic carbocycles. The van der Waals surface area contributed by atoms with E-state index in [1.54, 1.807) is 12.1 Å². The van der Waals surface area contributed by atoms with Gasteiger partial charge in [0.15, 0.2) is 0 Å². The number of hydrogen-bond donors (Lipinski definition) is 0. The van der Waals surface area contributed by atoms with E-state index in [0.29, 0.717) is 24.2 Å². The summed E-state index contributed by atoms with van der Waals surface area (Å²) < 4.78 is 16.1. The zero-order valence-electron chi connectivity index (χ0n) is 11.3. The van der Waals surface area contributed by atoms with Gasteiger partial charge < -0.3 is 4.57 Å². The molecule has 1 aliphatic rings. The molecule has 0 radical (unpaired) electrons. The minimum atomic E-state index is -0.238. The Kier molecular flexibility index (Phi) is 3.51. The Labute approximate surface area is 117 Å². The molecule has 0 atom stereocenters. The van der Waals surface area contributed by atoms with Gasteiger partial charge in [0.25, 0.3) is 0 Å². The second-order valence-corrected chi connectivity index (χ2v) is 5.08. The Morgan fingerprint density at radius 3 is 2.95 bits per heavy atom. The van der Waals surface area contributed by atoms with Crippen molar-refractivity contribution in [2.75, 3.05) is 0 Å². The number of benzene rings is 1. The highest BCUT2D eigenvalue weighted by molar-refractivity contribution is 5.58. The minimum absolute atomic E-state index is 0.238. The number of aryl methyl sites for hydroxylation is 1. The van der Waals surface area contributed by atoms with E-state index in [-0.39, 0.29) is 5.82 Å². The van der Waals surface area contributed by atoms with Crippen molar-refractivity contribution in [3.05, 3.63) is 41.5 Å². The van der Waals surface area contributed by atoms with Crippen LogP contribution in [0.2, 0.25) is 0 Å². The zero-order valence-corrected chi connectivity index (χ0v) is 11.3. The fourth-order valence-corrected chi connectivity index (χ4v) is 2.84. The average molecular weight is 269 g/mol. The summed E-state index contributed by atoms with van der Waals surface area (Å²) in [6.07, 6.45) is 4.33. The summed E-state index contributed by atoms with van der Waals surface area (Å²) in [6.45, 7) is 0.887. The summed E-state index contributed by atoms with van der Waals surface area (Å²) in [7, 11) is 0. The highest BCUT2D eigenvalue weighted by atomic mass is 19.1. The molecule has 0 saturated carbocycles. The van der Waals surface area contributed by atoms with E-state index in [2.05, 4.69) is 15.6 Å². The summed E-state index contributed by atoms with van der Waals surface area (Å²) in [6, 6.07) is 8.92. The van der Waals surface area contributed by atoms with Crippen LogP contribution in [0.4, 0.5) is 4.39 Å². The molecular weight excluding hydrogens is 253 g/mol. The quantitative estimate of drug-likeness (QED) is 0.856. The van der Waals surface area contributed by atoms with Crippen molar-refractivity contribution in [1.82, 2.24) is 9.55 Å². The summed E-state index contributed by atoms with van der Waals surface area (Å²) in [5.41, 5.74) is 2.70. The molecule has 20 heavy (non-hydrogen) atoms. The van der Waals surface area contributed by atoms with Gasteiger partial charge >= 0.3 is 0 Å². The van der Waals surface area contributed by atoms with E-state index in [0.717, 1.165) is 31.5 Å². The average Bonchev–Trinajstić information content (AvgIpc) is 2.84. The molecule has 0 saturated heterocycles. The Hall–Kier alpha value is -2.15. The molecule has 102 valence electrons. The Morgan fingerprint density at radius 2 is 2.15 bits per heavy atom. The van der Waals surface area contributed by atoms with Crippen LogP contribution in [-0.4, -0.2) is 9.55 Å². The van der Waals surface area contributed by atoms with Crippen LogP contribution >= 0.6 is 0 Å². The van der Waals surface area contributed by atoms with Crippen molar-refractivity contribution in [2.45, 2.75) is 38.6 Å². The summed E-state index contributed by atoms with van der Waals surface area (Å²) >= 11 is 0. The van der Waals surface area contributed by atoms with Crippen molar-refractivity contribution >= 4 is 0 Å². The lowest BCUT2D eigenvalue weighted by molar-refractivity contribution is 0.531. The van der Waals surface area contributed by atoms with Gasteiger partial charge in [-0.05, 0) is 31.4 Å². The van der Waals surface area contributed by atoms with E-state index < -0.39 is 0 Å². The van der Waals surface area contributed by atoms with Crippen LogP contribution in [-0.2, 0) is 19.4 Å². The van der Waals surface area contributed by atoms with Gasteiger partial charge in [-0.25, -0.2) is 9.37 Å². The van der Waals surface area contributed by atoms with E-state index in [1.807, 2.05) is 6.07 Å². The van der Waals surface area contributed by atoms with Crippen LogP contribution in [0.15, 0.2) is 24.3 Å². The molecule has 0 bridgehead atoms. The van der Waals surface area contributed by atoms with Crippen LogP contribution in [0, 0.1) is 17.1 Å². The molecule has 4 heteroatoms. The first-order valence-electron chi connectivity index (χ1n) is 7.01. The van der Waals surface area contributed by atoms with Crippen molar-refractivity contribution < 1.29 is 4.39 Å². The first-order valence-corrected chi connectivity index (χ1v) is 7.01. The van der Waals surface area contributed by atoms with Gasteiger partial charge in [-0.3, -0.25) is 0 Å². The number of fused-ring (bicyclic) bond motifs is 1. The molecule has 2 aromatic rings. The van der Waals surface area contributed by atoms with Crippen molar-refractivity contribution in [3.63, 3.8) is 0 Å². The maximum absolute atomic E-state index is 14.0. The summed E-state index contributed by atoms with van der Waals surface area (Å²) in [5.74, 6) is 0.475. The van der Waals surface area contributed by atoms with Gasteiger partial charge in [0.2, 0.25) is 0 Å². The van der Waals surface area contributed by atoms with Crippen LogP contribution < -0.4 is 0 Å². The largest absolute Gasteiger partial charge is 0.328 e. The number of halogens is 1. The number of aromatic nitrogens is 2. The SMILES string of the molecule is N#CCCc1nc(-c2ccccc2F)n2c1CCCC2. The fraction of sp³-hybridized carbons (Fsp3) is 0.375. The van der Waals surface area contributed by atoms with E-state index in [9.17, 15) is 4.39 Å². The molecule has 3 rings (SSSR count). The van der Waals surface area contributed by atoms with Crippen LogP contribution in [0.1, 0.15) is 30.7 Å². The fourth-order valence-electron chi connectivity index (χ4n) is 2.84. The molecule has 0 N–H and O–H groups in total. The van der Waals surface area contributed by atoms with Gasteiger partial charge in [-0.2, -0.15) is 5.26 Å². The number of hydrogen-bond acceptors (Lipinski definition) is 2. The minimum Gasteiger partial charge on any atom is -0.328 e. The molecule has 1 aromatic carbocycles. The van der Waals surface area contributed by atoms with Crippen LogP contribution in [0.5, 0.6) is 0 Å². The van der Waals surface area contributed by atoms with Crippen molar-refractivity contribution in [2.24, 2.45) is 0 Å². The monoisotopic (exact) mass is 269 g/mol. The smallest absolute Gasteiger partial charge is 0.143 e. The predicted octanol–water partition coefficient (Wildman–Crippen LogP) is 3.48. The number of imidazole rings is 1. The predicted molar refractivity (Wildman–Crippen MR) is 74.5 cm³/mol. The second-order valence-electron chi connectivity index (χ2n) is 5.08. The Balaban J connectivity index is 2.10. The summed E-state index contributed by atoms with van der Waals surface area (Å²) in [5, 5.41) is 8.76. The maximum Gasteiger partial charge on any atom is 0.143 e. The molecule has 1 aliphatic heterocycles. The van der Waals surface area contributed by atoms with Gasteiger partial charge in [-0.15, -0.1) is 0 Å². The third-order valence-electron chi connectivity index (χ3n) is 3.79. The topological polar surface area (TPSA) is 41.6 Å². The molecular formula is C16H16FN3. The third kappa shape index (κ3) is 2.20. The maximum atomic E-state index is 14.0. The lowest BCUT2D eigenvalue weighted by atomic mass is 10.1. The summed E-state index contributed by atoms with van der Waals surface area (Å²) in [4.78, 5) is 4.63. The highest BCUT2D eigenvalue weighted by Gasteiger charge is 2.21. The second kappa shape index (κ2) is 5.46. The lowest BCUT2D eigenvalue weighted by Gasteiger charge is -2.17. The highest BCUT2D eigenvalue weighted by Crippen LogP contribution is 2.29. The molecule has 3 nitrogen and oxygen atoms in total. The molecule has 0 spiro atoms. The van der Waals surface area contributed by atoms with Crippen molar-refractivity contribution in [3.8, 4) is 17.5 Å². The third-order valence-corrected chi connectivity index (χ3v) is 3.79. The molecule has 1 aromatic heterocycles. The van der Waals surface area contributed by atoms with Crippen molar-refractivity contribution in [1.29, 1.82) is 5.26 Å². The number of rotatable bonds is 3. The Morgan fingerprint density at radius 1 is 1.30 bits per heavy atom. The van der Waals surface area contributed by atoms with E-state index in [4.69, 9.17) is 5.26 Å². The molecule has 0 unspecified atom stereocenters. The van der Waals surface area contributed by atoms with Gasteiger partial charge in [0.1, 0.15) is 11.6 Å². The standard InChI is InChI=1S/C16H16FN3/c17-13-7-2-1-6-12(13)16-19-14(8-5-10-18)15-9-3-4-11-20(15)16/h1-2,6-7H,3-5,8-9,11H2. The first kappa shape index (κ1) is 12.9. The molecule has 0 fully saturated rings. The van der Waals surface area contributed by atoms with Gasteiger partial charge in [-0.1, -0.05) is 12.1 Å². The zero-order chi connectivity index (χ0) is 13.9. The lowest BCUT2D eigenvalue weighted by Crippen LogP contribution is -2.12. The molecule has 0 amide bonds. The van der Waals surface area contributed by atoms with Crippen LogP contribution in [0.3, 0.4) is 0 Å². The van der Waals surface area contributed by atoms with Gasteiger partial charge in [0, 0.05) is 25.1 Å². The van der Waals surface area contributed by atoms with E-state index in [1.165, 1.54) is 11.8 Å². The Bertz CT molecular complexity index is 667. The number of nitrogens with zero attached hydrogens (tertiary/aromatic N) is 3. The van der Waals surface area contributed by atoms with E-state index >= 15 is 0 Å². The van der Waals surface area contributed by atoms with Gasteiger partial charge in [0.05, 0.1) is 17.3 Å². The first-order chi connectivity index (χ1) is 9.81.